The minimum absolute atomic E-state index is 0.0525. The molecule has 2 N–H and O–H groups in total. The molecule has 1 saturated heterocycles. The van der Waals surface area contributed by atoms with Gasteiger partial charge in [0.1, 0.15) is 6.17 Å². The maximum Gasteiger partial charge on any atom is 0.228 e. The van der Waals surface area contributed by atoms with Crippen molar-refractivity contribution < 1.29 is 19.0 Å². The first-order valence-electron chi connectivity index (χ1n) is 10.3. The number of anilines is 1. The molecule has 0 spiro atoms. The summed E-state index contributed by atoms with van der Waals surface area (Å²) in [6, 6.07) is 5.68. The number of halogens is 3. The van der Waals surface area contributed by atoms with E-state index < -0.39 is 18.3 Å². The maximum atomic E-state index is 14.0. The Kier molecular flexibility index (Phi) is 7.25. The molecule has 0 aliphatic carbocycles. The average molecular weight is 481 g/mol. The molecule has 32 heavy (non-hydrogen) atoms. The highest BCUT2D eigenvalue weighted by molar-refractivity contribution is 6.34. The SMILES string of the molecule is O=C1CC(c2ccnc(N[C@@H]3CCOC[C@H]3F)n2)C=CN1[C@H](CO)c1cc(Cl)cc(Cl)c1. The highest BCUT2D eigenvalue weighted by Gasteiger charge is 2.30. The molecule has 4 rings (SSSR count). The molecule has 0 saturated carbocycles. The number of nitrogens with one attached hydrogen (secondary N) is 1. The summed E-state index contributed by atoms with van der Waals surface area (Å²) in [7, 11) is 0. The van der Waals surface area contributed by atoms with Crippen molar-refractivity contribution in [3.05, 3.63) is 64.0 Å². The Morgan fingerprint density at radius 2 is 2.09 bits per heavy atom. The molecule has 1 fully saturated rings. The number of aliphatic hydroxyl groups is 1. The summed E-state index contributed by atoms with van der Waals surface area (Å²) in [5.74, 6) is -0.114. The van der Waals surface area contributed by atoms with Gasteiger partial charge in [0, 0.05) is 41.4 Å². The number of allylic oxidation sites excluding steroid dienone is 1. The summed E-state index contributed by atoms with van der Waals surface area (Å²) in [6.45, 7) is 0.253. The zero-order valence-electron chi connectivity index (χ0n) is 17.1. The standard InChI is InChI=1S/C22H23Cl2FN4O3/c23-15-7-14(8-16(24)10-15)20(11-30)29-5-2-13(9-21(29)31)18-1-4-26-22(27-18)28-19-3-6-32-12-17(19)25/h1-2,4-5,7-8,10,13,17,19-20,30H,3,6,9,11-12H2,(H,26,27,28)/t13?,17-,19-,20-/m1/s1. The van der Waals surface area contributed by atoms with Crippen molar-refractivity contribution in [3.63, 3.8) is 0 Å². The Hall–Kier alpha value is -2.26. The number of benzene rings is 1. The van der Waals surface area contributed by atoms with Crippen molar-refractivity contribution in [3.8, 4) is 0 Å². The number of aliphatic hydroxyl groups excluding tert-OH is 1. The van der Waals surface area contributed by atoms with E-state index >= 15 is 0 Å². The molecular formula is C22H23Cl2FN4O3. The maximum absolute atomic E-state index is 14.0. The average Bonchev–Trinajstić information content (AvgIpc) is 2.76. The zero-order chi connectivity index (χ0) is 22.7. The number of ether oxygens (including phenoxy) is 1. The van der Waals surface area contributed by atoms with Gasteiger partial charge in [0.2, 0.25) is 11.9 Å². The Morgan fingerprint density at radius 1 is 1.31 bits per heavy atom. The Labute approximate surface area is 195 Å². The highest BCUT2D eigenvalue weighted by atomic mass is 35.5. The summed E-state index contributed by atoms with van der Waals surface area (Å²) in [5, 5.41) is 13.8. The Bertz CT molecular complexity index is 989. The molecule has 7 nitrogen and oxygen atoms in total. The van der Waals surface area contributed by atoms with Crippen LogP contribution in [-0.2, 0) is 9.53 Å². The third-order valence-corrected chi connectivity index (χ3v) is 6.03. The van der Waals surface area contributed by atoms with E-state index in [0.29, 0.717) is 40.3 Å². The fraction of sp³-hybridized carbons (Fsp3) is 0.409. The van der Waals surface area contributed by atoms with E-state index in [0.717, 1.165) is 0 Å². The molecule has 0 radical (unpaired) electrons. The van der Waals surface area contributed by atoms with Gasteiger partial charge in [0.15, 0.2) is 0 Å². The second-order valence-corrected chi connectivity index (χ2v) is 8.66. The smallest absolute Gasteiger partial charge is 0.228 e. The Balaban J connectivity index is 1.50. The molecule has 2 aromatic rings. The van der Waals surface area contributed by atoms with E-state index in [1.165, 1.54) is 4.90 Å². The van der Waals surface area contributed by atoms with Gasteiger partial charge in [-0.3, -0.25) is 4.79 Å². The third-order valence-electron chi connectivity index (χ3n) is 5.60. The van der Waals surface area contributed by atoms with E-state index in [1.54, 1.807) is 36.7 Å². The van der Waals surface area contributed by atoms with E-state index in [1.807, 2.05) is 6.08 Å². The lowest BCUT2D eigenvalue weighted by molar-refractivity contribution is -0.132. The number of aromatic nitrogens is 2. The zero-order valence-corrected chi connectivity index (χ0v) is 18.6. The van der Waals surface area contributed by atoms with Crippen LogP contribution in [-0.4, -0.2) is 57.9 Å². The lowest BCUT2D eigenvalue weighted by atomic mass is 9.95. The molecule has 1 aromatic carbocycles. The third kappa shape index (κ3) is 5.20. The molecular weight excluding hydrogens is 458 g/mol. The van der Waals surface area contributed by atoms with Crippen LogP contribution in [0.15, 0.2) is 42.7 Å². The van der Waals surface area contributed by atoms with Crippen molar-refractivity contribution in [2.24, 2.45) is 0 Å². The summed E-state index contributed by atoms with van der Waals surface area (Å²) >= 11 is 12.2. The fourth-order valence-electron chi connectivity index (χ4n) is 3.92. The van der Waals surface area contributed by atoms with Crippen LogP contribution in [0.2, 0.25) is 10.0 Å². The van der Waals surface area contributed by atoms with Gasteiger partial charge in [-0.1, -0.05) is 29.3 Å². The predicted octanol–water partition coefficient (Wildman–Crippen LogP) is 3.89. The van der Waals surface area contributed by atoms with Crippen LogP contribution in [0.25, 0.3) is 0 Å². The highest BCUT2D eigenvalue weighted by Crippen LogP contribution is 2.33. The number of carbonyl (C=O) groups excluding carboxylic acids is 1. The van der Waals surface area contributed by atoms with Crippen molar-refractivity contribution in [2.45, 2.75) is 37.0 Å². The summed E-state index contributed by atoms with van der Waals surface area (Å²) in [5.41, 5.74) is 1.30. The van der Waals surface area contributed by atoms with Gasteiger partial charge in [-0.2, -0.15) is 0 Å². The number of alkyl halides is 1. The fourth-order valence-corrected chi connectivity index (χ4v) is 4.47. The van der Waals surface area contributed by atoms with Gasteiger partial charge in [-0.25, -0.2) is 14.4 Å². The molecule has 170 valence electrons. The van der Waals surface area contributed by atoms with E-state index in [4.69, 9.17) is 27.9 Å². The van der Waals surface area contributed by atoms with Gasteiger partial charge in [0.25, 0.3) is 0 Å². The molecule has 4 atom stereocenters. The van der Waals surface area contributed by atoms with Gasteiger partial charge in [-0.15, -0.1) is 0 Å². The van der Waals surface area contributed by atoms with Gasteiger partial charge in [0.05, 0.1) is 31.0 Å². The number of rotatable bonds is 6. The van der Waals surface area contributed by atoms with E-state index in [9.17, 15) is 14.3 Å². The second kappa shape index (κ2) is 10.1. The number of carbonyl (C=O) groups is 1. The molecule has 1 amide bonds. The van der Waals surface area contributed by atoms with E-state index in [2.05, 4.69) is 15.3 Å². The molecule has 3 heterocycles. The molecule has 2 aliphatic heterocycles. The second-order valence-electron chi connectivity index (χ2n) is 7.79. The molecule has 0 bridgehead atoms. The molecule has 10 heteroatoms. The molecule has 1 unspecified atom stereocenters. The monoisotopic (exact) mass is 480 g/mol. The van der Waals surface area contributed by atoms with Crippen molar-refractivity contribution in [1.29, 1.82) is 0 Å². The summed E-state index contributed by atoms with van der Waals surface area (Å²) in [4.78, 5) is 23.1. The minimum atomic E-state index is -1.13. The summed E-state index contributed by atoms with van der Waals surface area (Å²) < 4.78 is 19.2. The first kappa shape index (κ1) is 22.9. The van der Waals surface area contributed by atoms with E-state index in [-0.39, 0.29) is 31.5 Å². The van der Waals surface area contributed by atoms with Gasteiger partial charge < -0.3 is 20.1 Å². The van der Waals surface area contributed by atoms with Crippen molar-refractivity contribution in [2.75, 3.05) is 25.1 Å². The largest absolute Gasteiger partial charge is 0.394 e. The topological polar surface area (TPSA) is 87.6 Å². The van der Waals surface area contributed by atoms with Crippen LogP contribution in [0.3, 0.4) is 0 Å². The van der Waals surface area contributed by atoms with Crippen LogP contribution in [0, 0.1) is 0 Å². The first-order chi connectivity index (χ1) is 15.4. The molecule has 1 aromatic heterocycles. The quantitative estimate of drug-likeness (QED) is 0.651. The normalized spacial score (nSPS) is 24.4. The Morgan fingerprint density at radius 3 is 2.78 bits per heavy atom. The van der Waals surface area contributed by atoms with Crippen LogP contribution in [0.1, 0.15) is 36.1 Å². The van der Waals surface area contributed by atoms with Crippen LogP contribution in [0.4, 0.5) is 10.3 Å². The lowest BCUT2D eigenvalue weighted by Gasteiger charge is -2.32. The number of hydrogen-bond donors (Lipinski definition) is 2. The number of nitrogens with zero attached hydrogens (tertiary/aromatic N) is 3. The van der Waals surface area contributed by atoms with Crippen molar-refractivity contribution in [1.82, 2.24) is 14.9 Å². The van der Waals surface area contributed by atoms with Crippen LogP contribution in [0.5, 0.6) is 0 Å². The van der Waals surface area contributed by atoms with Crippen LogP contribution >= 0.6 is 23.2 Å². The molecule has 2 aliphatic rings. The number of amides is 1. The minimum Gasteiger partial charge on any atom is -0.394 e. The van der Waals surface area contributed by atoms with Gasteiger partial charge in [-0.05, 0) is 36.2 Å². The first-order valence-corrected chi connectivity index (χ1v) is 11.1. The summed E-state index contributed by atoms with van der Waals surface area (Å²) in [6.07, 6.45) is 4.66. The lowest BCUT2D eigenvalue weighted by Crippen LogP contribution is -2.39. The predicted molar refractivity (Wildman–Crippen MR) is 119 cm³/mol. The van der Waals surface area contributed by atoms with Gasteiger partial charge >= 0.3 is 0 Å². The number of hydrogen-bond acceptors (Lipinski definition) is 6. The van der Waals surface area contributed by atoms with Crippen LogP contribution < -0.4 is 5.32 Å². The van der Waals surface area contributed by atoms with Crippen molar-refractivity contribution >= 4 is 35.1 Å².